The summed E-state index contributed by atoms with van der Waals surface area (Å²) in [7, 11) is 0. The first-order valence-electron chi connectivity index (χ1n) is 9.77. The van der Waals surface area contributed by atoms with E-state index >= 15 is 0 Å². The SMILES string of the molecule is C=CCCCCCCCCCCCC1NC=C[N+]1(CC)C(C)O. The number of unbranched alkanes of at least 4 members (excludes halogenated alkanes) is 9. The average molecular weight is 324 g/mol. The number of nitrogens with zero attached hydrogens (tertiary/aromatic N) is 1. The highest BCUT2D eigenvalue weighted by atomic mass is 16.3. The van der Waals surface area contributed by atoms with Crippen molar-refractivity contribution >= 4 is 0 Å². The molecule has 1 heterocycles. The summed E-state index contributed by atoms with van der Waals surface area (Å²) < 4.78 is 0.671. The molecule has 1 aliphatic rings. The second kappa shape index (κ2) is 11.7. The molecule has 0 aromatic heterocycles. The third-order valence-corrected chi connectivity index (χ3v) is 5.35. The second-order valence-electron chi connectivity index (χ2n) is 6.99. The zero-order chi connectivity index (χ0) is 17.0. The molecule has 0 aliphatic carbocycles. The average Bonchev–Trinajstić information content (AvgIpc) is 2.97. The fraction of sp³-hybridized carbons (Fsp3) is 0.800. The number of quaternary nitrogens is 1. The summed E-state index contributed by atoms with van der Waals surface area (Å²) in [5, 5.41) is 13.6. The number of rotatable bonds is 14. The maximum Gasteiger partial charge on any atom is 0.193 e. The molecule has 3 nitrogen and oxygen atoms in total. The van der Waals surface area contributed by atoms with Crippen molar-refractivity contribution < 1.29 is 9.59 Å². The van der Waals surface area contributed by atoms with Crippen LogP contribution in [0.4, 0.5) is 0 Å². The van der Waals surface area contributed by atoms with Crippen LogP contribution in [0.15, 0.2) is 25.1 Å². The minimum absolute atomic E-state index is 0.336. The van der Waals surface area contributed by atoms with Crippen LogP contribution in [-0.4, -0.2) is 28.5 Å². The molecule has 1 rings (SSSR count). The molecule has 0 spiro atoms. The molecule has 134 valence electrons. The van der Waals surface area contributed by atoms with Gasteiger partial charge in [0.25, 0.3) is 0 Å². The molecular formula is C20H39N2O+. The molecule has 3 unspecified atom stereocenters. The molecule has 0 saturated carbocycles. The molecule has 3 atom stereocenters. The summed E-state index contributed by atoms with van der Waals surface area (Å²) in [5.74, 6) is 0. The predicted molar refractivity (Wildman–Crippen MR) is 99.5 cm³/mol. The van der Waals surface area contributed by atoms with E-state index in [9.17, 15) is 5.11 Å². The van der Waals surface area contributed by atoms with Crippen molar-refractivity contribution in [3.63, 3.8) is 0 Å². The van der Waals surface area contributed by atoms with Crippen molar-refractivity contribution in [3.05, 3.63) is 25.1 Å². The number of aliphatic hydroxyl groups is 1. The smallest absolute Gasteiger partial charge is 0.193 e. The highest BCUT2D eigenvalue weighted by Crippen LogP contribution is 2.25. The van der Waals surface area contributed by atoms with Gasteiger partial charge in [-0.15, -0.1) is 6.58 Å². The molecule has 0 amide bonds. The molecule has 0 radical (unpaired) electrons. The van der Waals surface area contributed by atoms with Crippen LogP contribution in [0.2, 0.25) is 0 Å². The van der Waals surface area contributed by atoms with E-state index in [1.54, 1.807) is 0 Å². The number of hydrogen-bond donors (Lipinski definition) is 2. The van der Waals surface area contributed by atoms with Gasteiger partial charge in [-0.1, -0.05) is 51.0 Å². The first-order chi connectivity index (χ1) is 11.2. The van der Waals surface area contributed by atoms with Crippen LogP contribution >= 0.6 is 0 Å². The number of nitrogens with one attached hydrogen (secondary N) is 1. The summed E-state index contributed by atoms with van der Waals surface area (Å²) in [6.45, 7) is 8.77. The van der Waals surface area contributed by atoms with Crippen molar-refractivity contribution in [2.45, 2.75) is 96.9 Å². The maximum atomic E-state index is 10.1. The van der Waals surface area contributed by atoms with Crippen molar-refractivity contribution in [1.82, 2.24) is 5.32 Å². The molecule has 0 bridgehead atoms. The fourth-order valence-electron chi connectivity index (χ4n) is 3.70. The molecule has 0 aromatic rings. The molecule has 3 heteroatoms. The number of hydrogen-bond acceptors (Lipinski definition) is 2. The first kappa shape index (κ1) is 20.2. The van der Waals surface area contributed by atoms with Crippen molar-refractivity contribution in [2.75, 3.05) is 6.54 Å². The van der Waals surface area contributed by atoms with E-state index in [0.717, 1.165) is 13.0 Å². The Kier molecular flexibility index (Phi) is 10.3. The van der Waals surface area contributed by atoms with Crippen molar-refractivity contribution in [3.8, 4) is 0 Å². The van der Waals surface area contributed by atoms with Gasteiger partial charge in [-0.2, -0.15) is 0 Å². The van der Waals surface area contributed by atoms with Gasteiger partial charge < -0.3 is 10.4 Å². The van der Waals surface area contributed by atoms with Crippen LogP contribution < -0.4 is 5.32 Å². The summed E-state index contributed by atoms with van der Waals surface area (Å²) in [5.41, 5.74) is 0. The predicted octanol–water partition coefficient (Wildman–Crippen LogP) is 5.04. The van der Waals surface area contributed by atoms with Crippen LogP contribution in [0.5, 0.6) is 0 Å². The van der Waals surface area contributed by atoms with Gasteiger partial charge in [0.05, 0.1) is 12.7 Å². The zero-order valence-corrected chi connectivity index (χ0v) is 15.5. The van der Waals surface area contributed by atoms with Gasteiger partial charge in [-0.3, -0.25) is 4.48 Å². The van der Waals surface area contributed by atoms with E-state index < -0.39 is 0 Å². The van der Waals surface area contributed by atoms with Gasteiger partial charge in [0.1, 0.15) is 6.20 Å². The van der Waals surface area contributed by atoms with E-state index in [0.29, 0.717) is 10.6 Å². The Labute approximate surface area is 144 Å². The minimum Gasteiger partial charge on any atom is -0.345 e. The topological polar surface area (TPSA) is 32.3 Å². The lowest BCUT2D eigenvalue weighted by molar-refractivity contribution is -0.942. The molecule has 23 heavy (non-hydrogen) atoms. The number of aliphatic hydroxyl groups excluding tert-OH is 1. The zero-order valence-electron chi connectivity index (χ0n) is 15.5. The van der Waals surface area contributed by atoms with E-state index in [1.807, 2.05) is 19.2 Å². The van der Waals surface area contributed by atoms with Crippen LogP contribution in [0, 0.1) is 0 Å². The summed E-state index contributed by atoms with van der Waals surface area (Å²) in [6, 6.07) is 0. The van der Waals surface area contributed by atoms with Crippen LogP contribution in [0.3, 0.4) is 0 Å². The minimum atomic E-state index is -0.336. The Hall–Kier alpha value is -0.800. The van der Waals surface area contributed by atoms with Gasteiger partial charge in [0.2, 0.25) is 0 Å². The molecular weight excluding hydrogens is 284 g/mol. The summed E-state index contributed by atoms with van der Waals surface area (Å²) >= 11 is 0. The largest absolute Gasteiger partial charge is 0.345 e. The van der Waals surface area contributed by atoms with Gasteiger partial charge in [-0.05, 0) is 26.2 Å². The highest BCUT2D eigenvalue weighted by Gasteiger charge is 2.40. The fourth-order valence-corrected chi connectivity index (χ4v) is 3.70. The molecule has 1 aliphatic heterocycles. The van der Waals surface area contributed by atoms with Gasteiger partial charge in [0, 0.05) is 13.3 Å². The second-order valence-corrected chi connectivity index (χ2v) is 6.99. The Morgan fingerprint density at radius 3 is 2.17 bits per heavy atom. The van der Waals surface area contributed by atoms with Crippen LogP contribution in [-0.2, 0) is 0 Å². The summed E-state index contributed by atoms with van der Waals surface area (Å²) in [6.07, 6.45) is 20.7. The molecule has 0 fully saturated rings. The Morgan fingerprint density at radius 2 is 1.65 bits per heavy atom. The molecule has 0 saturated heterocycles. The van der Waals surface area contributed by atoms with E-state index in [-0.39, 0.29) is 6.23 Å². The lowest BCUT2D eigenvalue weighted by atomic mass is 10.0. The van der Waals surface area contributed by atoms with E-state index in [2.05, 4.69) is 25.0 Å². The van der Waals surface area contributed by atoms with Gasteiger partial charge in [0.15, 0.2) is 12.4 Å². The summed E-state index contributed by atoms with van der Waals surface area (Å²) in [4.78, 5) is 0. The molecule has 0 aromatic carbocycles. The van der Waals surface area contributed by atoms with Gasteiger partial charge in [-0.25, -0.2) is 0 Å². The van der Waals surface area contributed by atoms with Crippen molar-refractivity contribution in [1.29, 1.82) is 0 Å². The lowest BCUT2D eigenvalue weighted by Gasteiger charge is -2.39. The monoisotopic (exact) mass is 323 g/mol. The quantitative estimate of drug-likeness (QED) is 0.267. The Bertz CT molecular complexity index is 341. The number of allylic oxidation sites excluding steroid dienone is 1. The standard InChI is InChI=1S/C20H39N2O/c1-4-6-7-8-9-10-11-12-13-14-15-16-20-21-17-18-22(20,5-2)19(3)23/h4,17-21,23H,1,5-16H2,2-3H3/q+1. The Morgan fingerprint density at radius 1 is 1.09 bits per heavy atom. The third-order valence-electron chi connectivity index (χ3n) is 5.35. The Balaban J connectivity index is 2.02. The lowest BCUT2D eigenvalue weighted by Crippen LogP contribution is -2.57. The molecule has 2 N–H and O–H groups in total. The van der Waals surface area contributed by atoms with Crippen molar-refractivity contribution in [2.24, 2.45) is 0 Å². The first-order valence-corrected chi connectivity index (χ1v) is 9.77. The third kappa shape index (κ3) is 6.68. The normalized spacial score (nSPS) is 24.6. The van der Waals surface area contributed by atoms with Crippen LogP contribution in [0.1, 0.15) is 84.5 Å². The highest BCUT2D eigenvalue weighted by molar-refractivity contribution is 4.84. The van der Waals surface area contributed by atoms with E-state index in [1.165, 1.54) is 64.2 Å². The van der Waals surface area contributed by atoms with Crippen LogP contribution in [0.25, 0.3) is 0 Å². The van der Waals surface area contributed by atoms with E-state index in [4.69, 9.17) is 0 Å². The maximum absolute atomic E-state index is 10.1. The van der Waals surface area contributed by atoms with Gasteiger partial charge >= 0.3 is 0 Å².